The Labute approximate surface area is 152 Å². The van der Waals surface area contributed by atoms with Gasteiger partial charge in [-0.25, -0.2) is 0 Å². The fourth-order valence-electron chi connectivity index (χ4n) is 2.13. The van der Waals surface area contributed by atoms with Gasteiger partial charge in [-0.15, -0.1) is 0 Å². The zero-order valence-electron chi connectivity index (χ0n) is 14.3. The first kappa shape index (κ1) is 18.9. The number of carbonyl (C=O) groups is 1. The van der Waals surface area contributed by atoms with Gasteiger partial charge < -0.3 is 19.5 Å². The molecule has 0 saturated heterocycles. The fraction of sp³-hybridized carbons (Fsp3) is 0.316. The minimum Gasteiger partial charge on any atom is -0.497 e. The van der Waals surface area contributed by atoms with Crippen molar-refractivity contribution in [1.82, 2.24) is 5.32 Å². The standard InChI is InChI=1S/C19H22ClNO4/c1-3-18(25-17-6-4-14(20)5-7-17)19(22)21-12-13-24-16-10-8-15(23-2)9-11-16/h4-11,18H,3,12-13H2,1-2H3,(H,21,22). The van der Waals surface area contributed by atoms with Crippen molar-refractivity contribution < 1.29 is 19.0 Å². The summed E-state index contributed by atoms with van der Waals surface area (Å²) in [4.78, 5) is 12.2. The number of nitrogens with one attached hydrogen (secondary N) is 1. The van der Waals surface area contributed by atoms with Crippen molar-refractivity contribution in [3.05, 3.63) is 53.6 Å². The topological polar surface area (TPSA) is 56.8 Å². The molecule has 5 nitrogen and oxygen atoms in total. The predicted octanol–water partition coefficient (Wildman–Crippen LogP) is 3.70. The molecule has 0 fully saturated rings. The third-order valence-electron chi connectivity index (χ3n) is 3.48. The van der Waals surface area contributed by atoms with Crippen LogP contribution in [0.4, 0.5) is 0 Å². The van der Waals surface area contributed by atoms with E-state index in [1.54, 1.807) is 31.4 Å². The SMILES string of the molecule is CCC(Oc1ccc(Cl)cc1)C(=O)NCCOc1ccc(OC)cc1. The van der Waals surface area contributed by atoms with Crippen LogP contribution >= 0.6 is 11.6 Å². The van der Waals surface area contributed by atoms with Crippen molar-refractivity contribution in [3.8, 4) is 17.2 Å². The van der Waals surface area contributed by atoms with Gasteiger partial charge in [0.2, 0.25) is 0 Å². The van der Waals surface area contributed by atoms with Gasteiger partial charge in [-0.05, 0) is 55.0 Å². The summed E-state index contributed by atoms with van der Waals surface area (Å²) in [5.41, 5.74) is 0. The third-order valence-corrected chi connectivity index (χ3v) is 3.74. The number of methoxy groups -OCH3 is 1. The van der Waals surface area contributed by atoms with E-state index in [4.69, 9.17) is 25.8 Å². The molecule has 0 bridgehead atoms. The first-order valence-electron chi connectivity index (χ1n) is 8.09. The molecule has 2 aromatic rings. The van der Waals surface area contributed by atoms with E-state index in [0.29, 0.717) is 30.3 Å². The highest BCUT2D eigenvalue weighted by molar-refractivity contribution is 6.30. The Bertz CT molecular complexity index is 658. The molecule has 1 N–H and O–H groups in total. The van der Waals surface area contributed by atoms with Gasteiger partial charge in [0.15, 0.2) is 6.10 Å². The second kappa shape index (κ2) is 9.79. The smallest absolute Gasteiger partial charge is 0.261 e. The molecule has 0 spiro atoms. The summed E-state index contributed by atoms with van der Waals surface area (Å²) in [7, 11) is 1.61. The normalized spacial score (nSPS) is 11.5. The molecule has 2 aromatic carbocycles. The van der Waals surface area contributed by atoms with Crippen molar-refractivity contribution in [2.24, 2.45) is 0 Å². The van der Waals surface area contributed by atoms with Gasteiger partial charge in [0, 0.05) is 5.02 Å². The minimum absolute atomic E-state index is 0.171. The number of halogens is 1. The molecule has 0 radical (unpaired) electrons. The van der Waals surface area contributed by atoms with Gasteiger partial charge >= 0.3 is 0 Å². The number of amides is 1. The summed E-state index contributed by atoms with van der Waals surface area (Å²) in [5, 5.41) is 3.44. The van der Waals surface area contributed by atoms with Gasteiger partial charge in [-0.1, -0.05) is 18.5 Å². The number of ether oxygens (including phenoxy) is 3. The van der Waals surface area contributed by atoms with E-state index >= 15 is 0 Å². The molecule has 0 aromatic heterocycles. The zero-order valence-corrected chi connectivity index (χ0v) is 15.1. The zero-order chi connectivity index (χ0) is 18.1. The maximum Gasteiger partial charge on any atom is 0.261 e. The van der Waals surface area contributed by atoms with Crippen LogP contribution in [0.3, 0.4) is 0 Å². The summed E-state index contributed by atoms with van der Waals surface area (Å²) in [6.07, 6.45) is 0.00974. The van der Waals surface area contributed by atoms with E-state index in [9.17, 15) is 4.79 Å². The first-order valence-corrected chi connectivity index (χ1v) is 8.47. The Kier molecular flexibility index (Phi) is 7.41. The van der Waals surface area contributed by atoms with Crippen LogP contribution in [-0.4, -0.2) is 32.3 Å². The van der Waals surface area contributed by atoms with Crippen molar-refractivity contribution in [2.75, 3.05) is 20.3 Å². The summed E-state index contributed by atoms with van der Waals surface area (Å²) >= 11 is 5.84. The van der Waals surface area contributed by atoms with Gasteiger partial charge in [0.25, 0.3) is 5.91 Å². The molecule has 0 saturated carbocycles. The molecule has 1 unspecified atom stereocenters. The van der Waals surface area contributed by atoms with Gasteiger partial charge in [0.1, 0.15) is 23.9 Å². The van der Waals surface area contributed by atoms with Gasteiger partial charge in [-0.3, -0.25) is 4.79 Å². The number of rotatable bonds is 9. The first-order chi connectivity index (χ1) is 12.1. The maximum absolute atomic E-state index is 12.2. The highest BCUT2D eigenvalue weighted by atomic mass is 35.5. The maximum atomic E-state index is 12.2. The van der Waals surface area contributed by atoms with E-state index in [-0.39, 0.29) is 5.91 Å². The molecular weight excluding hydrogens is 342 g/mol. The number of hydrogen-bond donors (Lipinski definition) is 1. The molecule has 0 aliphatic rings. The fourth-order valence-corrected chi connectivity index (χ4v) is 2.25. The molecule has 134 valence electrons. The summed E-state index contributed by atoms with van der Waals surface area (Å²) in [5.74, 6) is 1.93. The molecule has 0 heterocycles. The lowest BCUT2D eigenvalue weighted by molar-refractivity contribution is -0.128. The summed E-state index contributed by atoms with van der Waals surface area (Å²) in [6, 6.07) is 14.2. The summed E-state index contributed by atoms with van der Waals surface area (Å²) in [6.45, 7) is 2.66. The lowest BCUT2D eigenvalue weighted by atomic mass is 10.2. The number of benzene rings is 2. The average Bonchev–Trinajstić information content (AvgIpc) is 2.65. The average molecular weight is 364 g/mol. The van der Waals surface area contributed by atoms with Crippen LogP contribution in [0.1, 0.15) is 13.3 Å². The molecule has 0 aliphatic heterocycles. The Morgan fingerprint density at radius 1 is 1.04 bits per heavy atom. The predicted molar refractivity (Wildman–Crippen MR) is 97.7 cm³/mol. The molecule has 2 rings (SSSR count). The van der Waals surface area contributed by atoms with Crippen molar-refractivity contribution in [1.29, 1.82) is 0 Å². The Balaban J connectivity index is 1.74. The van der Waals surface area contributed by atoms with E-state index in [1.807, 2.05) is 31.2 Å². The largest absolute Gasteiger partial charge is 0.497 e. The monoisotopic (exact) mass is 363 g/mol. The second-order valence-electron chi connectivity index (χ2n) is 5.28. The molecule has 0 aliphatic carbocycles. The molecule has 25 heavy (non-hydrogen) atoms. The Hall–Kier alpha value is -2.40. The van der Waals surface area contributed by atoms with Crippen LogP contribution in [0.5, 0.6) is 17.2 Å². The van der Waals surface area contributed by atoms with E-state index < -0.39 is 6.10 Å². The Morgan fingerprint density at radius 3 is 2.24 bits per heavy atom. The summed E-state index contributed by atoms with van der Waals surface area (Å²) < 4.78 is 16.4. The van der Waals surface area contributed by atoms with Crippen LogP contribution in [0.2, 0.25) is 5.02 Å². The lowest BCUT2D eigenvalue weighted by Crippen LogP contribution is -2.39. The van der Waals surface area contributed by atoms with Crippen molar-refractivity contribution in [3.63, 3.8) is 0 Å². The third kappa shape index (κ3) is 6.19. The number of hydrogen-bond acceptors (Lipinski definition) is 4. The van der Waals surface area contributed by atoms with E-state index in [1.165, 1.54) is 0 Å². The van der Waals surface area contributed by atoms with E-state index in [2.05, 4.69) is 5.32 Å². The van der Waals surface area contributed by atoms with Gasteiger partial charge in [-0.2, -0.15) is 0 Å². The van der Waals surface area contributed by atoms with Gasteiger partial charge in [0.05, 0.1) is 13.7 Å². The quantitative estimate of drug-likeness (QED) is 0.690. The Morgan fingerprint density at radius 2 is 1.64 bits per heavy atom. The van der Waals surface area contributed by atoms with Crippen LogP contribution < -0.4 is 19.5 Å². The molecule has 1 atom stereocenters. The molecule has 1 amide bonds. The van der Waals surface area contributed by atoms with E-state index in [0.717, 1.165) is 11.5 Å². The molecule has 6 heteroatoms. The van der Waals surface area contributed by atoms with Crippen LogP contribution in [0.25, 0.3) is 0 Å². The van der Waals surface area contributed by atoms with Crippen molar-refractivity contribution >= 4 is 17.5 Å². The van der Waals surface area contributed by atoms with Crippen LogP contribution in [-0.2, 0) is 4.79 Å². The highest BCUT2D eigenvalue weighted by Crippen LogP contribution is 2.18. The second-order valence-corrected chi connectivity index (χ2v) is 5.72. The van der Waals surface area contributed by atoms with Crippen molar-refractivity contribution in [2.45, 2.75) is 19.4 Å². The van der Waals surface area contributed by atoms with Crippen LogP contribution in [0, 0.1) is 0 Å². The minimum atomic E-state index is -0.554. The van der Waals surface area contributed by atoms with Crippen LogP contribution in [0.15, 0.2) is 48.5 Å². The molecular formula is C19H22ClNO4. The lowest BCUT2D eigenvalue weighted by Gasteiger charge is -2.17. The highest BCUT2D eigenvalue weighted by Gasteiger charge is 2.17. The number of carbonyl (C=O) groups excluding carboxylic acids is 1.